The summed E-state index contributed by atoms with van der Waals surface area (Å²) < 4.78 is 18.5. The Kier molecular flexibility index (Phi) is 5.27. The number of methoxy groups -OCH3 is 1. The second-order valence-electron chi connectivity index (χ2n) is 7.97. The Labute approximate surface area is 175 Å². The summed E-state index contributed by atoms with van der Waals surface area (Å²) in [4.78, 5) is 27.9. The third-order valence-electron chi connectivity index (χ3n) is 6.11. The summed E-state index contributed by atoms with van der Waals surface area (Å²) in [7, 11) is 5.38. The van der Waals surface area contributed by atoms with E-state index in [9.17, 15) is 9.59 Å². The highest BCUT2D eigenvalue weighted by Gasteiger charge is 2.35. The maximum Gasteiger partial charge on any atom is 0.231 e. The van der Waals surface area contributed by atoms with Crippen LogP contribution in [0.25, 0.3) is 0 Å². The monoisotopic (exact) mass is 413 g/mol. The molecule has 8 nitrogen and oxygen atoms in total. The van der Waals surface area contributed by atoms with Crippen molar-refractivity contribution in [3.05, 3.63) is 34.1 Å². The molecule has 0 saturated carbocycles. The van der Waals surface area contributed by atoms with Gasteiger partial charge >= 0.3 is 0 Å². The van der Waals surface area contributed by atoms with Gasteiger partial charge in [0.15, 0.2) is 17.3 Å². The van der Waals surface area contributed by atoms with Crippen molar-refractivity contribution in [1.82, 2.24) is 14.7 Å². The summed E-state index contributed by atoms with van der Waals surface area (Å²) in [6.45, 7) is 4.61. The standard InChI is InChI=1S/C22H27N3O5/c1-12-19(13(2)25(4)23-12)17(27)10-15(26)9-16-20-14(6-7-24(16)3)8-18-21(22(20)28-5)30-11-29-18/h8,16H,6-7,9-11H2,1-5H3/t16-/m1/s1. The number of hydrogen-bond donors (Lipinski definition) is 0. The molecule has 3 heterocycles. The van der Waals surface area contributed by atoms with Crippen molar-refractivity contribution in [1.29, 1.82) is 0 Å². The zero-order valence-electron chi connectivity index (χ0n) is 18.1. The average molecular weight is 413 g/mol. The third-order valence-corrected chi connectivity index (χ3v) is 6.11. The molecule has 0 fully saturated rings. The number of aryl methyl sites for hydroxylation is 2. The number of nitrogens with zero attached hydrogens (tertiary/aromatic N) is 3. The van der Waals surface area contributed by atoms with Crippen LogP contribution in [0.15, 0.2) is 6.07 Å². The van der Waals surface area contributed by atoms with Crippen LogP contribution in [0.1, 0.15) is 51.8 Å². The summed E-state index contributed by atoms with van der Waals surface area (Å²) in [5.41, 5.74) is 4.02. The fourth-order valence-corrected chi connectivity index (χ4v) is 4.52. The van der Waals surface area contributed by atoms with E-state index >= 15 is 0 Å². The largest absolute Gasteiger partial charge is 0.492 e. The number of carbonyl (C=O) groups is 2. The summed E-state index contributed by atoms with van der Waals surface area (Å²) in [5.74, 6) is 1.60. The molecule has 1 aromatic heterocycles. The van der Waals surface area contributed by atoms with Gasteiger partial charge in [0.1, 0.15) is 5.78 Å². The molecule has 0 aliphatic carbocycles. The van der Waals surface area contributed by atoms with E-state index in [1.807, 2.05) is 20.0 Å². The van der Waals surface area contributed by atoms with Crippen molar-refractivity contribution in [2.24, 2.45) is 7.05 Å². The van der Waals surface area contributed by atoms with E-state index < -0.39 is 0 Å². The second-order valence-corrected chi connectivity index (χ2v) is 7.97. The number of fused-ring (bicyclic) bond motifs is 2. The lowest BCUT2D eigenvalue weighted by atomic mass is 9.87. The van der Waals surface area contributed by atoms with Crippen LogP contribution in [0.4, 0.5) is 0 Å². The van der Waals surface area contributed by atoms with Crippen LogP contribution in [0.5, 0.6) is 17.2 Å². The van der Waals surface area contributed by atoms with Gasteiger partial charge in [-0.2, -0.15) is 5.10 Å². The van der Waals surface area contributed by atoms with Gasteiger partial charge in [0.25, 0.3) is 0 Å². The van der Waals surface area contributed by atoms with Crippen LogP contribution in [-0.4, -0.2) is 53.7 Å². The zero-order chi connectivity index (χ0) is 21.6. The maximum atomic E-state index is 12.9. The smallest absolute Gasteiger partial charge is 0.231 e. The minimum absolute atomic E-state index is 0.105. The normalized spacial score (nSPS) is 17.7. The molecule has 1 aromatic carbocycles. The Bertz CT molecular complexity index is 1030. The second kappa shape index (κ2) is 7.75. The summed E-state index contributed by atoms with van der Waals surface area (Å²) in [5, 5.41) is 4.29. The predicted molar refractivity (Wildman–Crippen MR) is 109 cm³/mol. The van der Waals surface area contributed by atoms with Gasteiger partial charge < -0.3 is 14.2 Å². The molecule has 2 aliphatic rings. The molecule has 0 spiro atoms. The Morgan fingerprint density at radius 3 is 2.70 bits per heavy atom. The topological polar surface area (TPSA) is 82.9 Å². The van der Waals surface area contributed by atoms with Crippen LogP contribution in [0.2, 0.25) is 0 Å². The first-order chi connectivity index (χ1) is 14.3. The third kappa shape index (κ3) is 3.35. The molecule has 160 valence electrons. The molecule has 0 saturated heterocycles. The van der Waals surface area contributed by atoms with Crippen molar-refractivity contribution in [3.63, 3.8) is 0 Å². The number of hydrogen-bond acceptors (Lipinski definition) is 7. The first kappa shape index (κ1) is 20.4. The molecule has 0 unspecified atom stereocenters. The van der Waals surface area contributed by atoms with Gasteiger partial charge in [-0.15, -0.1) is 0 Å². The quantitative estimate of drug-likeness (QED) is 0.532. The molecular formula is C22H27N3O5. The van der Waals surface area contributed by atoms with Gasteiger partial charge in [-0.1, -0.05) is 0 Å². The molecule has 8 heteroatoms. The Hall–Kier alpha value is -2.87. The van der Waals surface area contributed by atoms with Crippen molar-refractivity contribution in [2.45, 2.75) is 39.2 Å². The lowest BCUT2D eigenvalue weighted by Crippen LogP contribution is -2.34. The molecule has 0 radical (unpaired) electrons. The van der Waals surface area contributed by atoms with E-state index in [1.54, 1.807) is 25.8 Å². The lowest BCUT2D eigenvalue weighted by Gasteiger charge is -2.35. The number of aromatic nitrogens is 2. The van der Waals surface area contributed by atoms with E-state index in [2.05, 4.69) is 10.00 Å². The highest BCUT2D eigenvalue weighted by molar-refractivity contribution is 6.09. The molecule has 2 aliphatic heterocycles. The Morgan fingerprint density at radius 1 is 1.27 bits per heavy atom. The van der Waals surface area contributed by atoms with Crippen molar-refractivity contribution >= 4 is 11.6 Å². The Morgan fingerprint density at radius 2 is 2.03 bits per heavy atom. The molecule has 1 atom stereocenters. The Balaban J connectivity index is 1.59. The van der Waals surface area contributed by atoms with Crippen LogP contribution in [0.3, 0.4) is 0 Å². The lowest BCUT2D eigenvalue weighted by molar-refractivity contribution is -0.119. The fourth-order valence-electron chi connectivity index (χ4n) is 4.52. The highest BCUT2D eigenvalue weighted by atomic mass is 16.7. The highest BCUT2D eigenvalue weighted by Crippen LogP contribution is 2.50. The zero-order valence-corrected chi connectivity index (χ0v) is 18.1. The summed E-state index contributed by atoms with van der Waals surface area (Å²) in [6, 6.07) is 1.80. The number of carbonyl (C=O) groups excluding carboxylic acids is 2. The number of ketones is 2. The molecule has 0 bridgehead atoms. The van der Waals surface area contributed by atoms with Crippen LogP contribution in [0, 0.1) is 13.8 Å². The van der Waals surface area contributed by atoms with Crippen LogP contribution >= 0.6 is 0 Å². The van der Waals surface area contributed by atoms with Gasteiger partial charge in [-0.05, 0) is 38.9 Å². The maximum absolute atomic E-state index is 12.9. The van der Waals surface area contributed by atoms with E-state index in [0.29, 0.717) is 28.5 Å². The van der Waals surface area contributed by atoms with Crippen molar-refractivity contribution < 1.29 is 23.8 Å². The van der Waals surface area contributed by atoms with Crippen molar-refractivity contribution in [3.8, 4) is 17.2 Å². The van der Waals surface area contributed by atoms with Crippen molar-refractivity contribution in [2.75, 3.05) is 27.5 Å². The number of likely N-dealkylation sites (N-methyl/N-ethyl adjacent to an activating group) is 1. The first-order valence-electron chi connectivity index (χ1n) is 10.1. The van der Waals surface area contributed by atoms with Gasteiger partial charge in [0, 0.05) is 37.3 Å². The predicted octanol–water partition coefficient (Wildman–Crippen LogP) is 2.54. The van der Waals surface area contributed by atoms with Gasteiger partial charge in [-0.3, -0.25) is 19.2 Å². The van der Waals surface area contributed by atoms with E-state index in [4.69, 9.17) is 14.2 Å². The number of benzene rings is 1. The fraction of sp³-hybridized carbons (Fsp3) is 0.500. The molecule has 0 N–H and O–H groups in total. The van der Waals surface area contributed by atoms with Gasteiger partial charge in [0.05, 0.1) is 24.8 Å². The van der Waals surface area contributed by atoms with Gasteiger partial charge in [-0.25, -0.2) is 0 Å². The van der Waals surface area contributed by atoms with Crippen LogP contribution in [-0.2, 0) is 18.3 Å². The number of Topliss-reactive ketones (excluding diaryl/α,β-unsaturated/α-hetero) is 2. The molecular weight excluding hydrogens is 386 g/mol. The van der Waals surface area contributed by atoms with E-state index in [-0.39, 0.29) is 37.2 Å². The molecule has 4 rings (SSSR count). The minimum Gasteiger partial charge on any atom is -0.492 e. The summed E-state index contributed by atoms with van der Waals surface area (Å²) in [6.07, 6.45) is 0.917. The first-order valence-corrected chi connectivity index (χ1v) is 10.1. The molecule has 30 heavy (non-hydrogen) atoms. The summed E-state index contributed by atoms with van der Waals surface area (Å²) >= 11 is 0. The van der Waals surface area contributed by atoms with E-state index in [0.717, 1.165) is 29.8 Å². The SMILES string of the molecule is COc1c2c(cc3c1[C@@H](CC(=O)CC(=O)c1c(C)nn(C)c1C)N(C)CC3)OCO2. The molecule has 0 amide bonds. The minimum atomic E-state index is -0.186. The van der Waals surface area contributed by atoms with Crippen LogP contribution < -0.4 is 14.2 Å². The number of ether oxygens (including phenoxy) is 3. The van der Waals surface area contributed by atoms with E-state index in [1.165, 1.54) is 0 Å². The number of rotatable bonds is 6. The molecule has 2 aromatic rings. The average Bonchev–Trinajstić information content (AvgIpc) is 3.26. The van der Waals surface area contributed by atoms with Gasteiger partial charge in [0.2, 0.25) is 12.5 Å².